The summed E-state index contributed by atoms with van der Waals surface area (Å²) < 4.78 is 36.8. The number of amides is 2. The molecule has 1 aromatic rings. The average Bonchev–Trinajstić information content (AvgIpc) is 2.90. The van der Waals surface area contributed by atoms with Crippen LogP contribution in [-0.2, 0) is 4.79 Å². The lowest BCUT2D eigenvalue weighted by atomic mass is 10.3. The maximum Gasteiger partial charge on any atom is 0.406 e. The van der Waals surface area contributed by atoms with Crippen LogP contribution in [0.4, 0.5) is 13.2 Å². The lowest BCUT2D eigenvalue weighted by Crippen LogP contribution is -2.41. The van der Waals surface area contributed by atoms with Gasteiger partial charge in [0.05, 0.1) is 11.5 Å². The molecule has 1 aromatic heterocycles. The van der Waals surface area contributed by atoms with Gasteiger partial charge in [0.2, 0.25) is 5.91 Å². The molecule has 0 saturated carbocycles. The van der Waals surface area contributed by atoms with Crippen molar-refractivity contribution in [1.82, 2.24) is 10.2 Å². The lowest BCUT2D eigenvalue weighted by Gasteiger charge is -2.23. The van der Waals surface area contributed by atoms with Crippen LogP contribution < -0.4 is 5.32 Å². The van der Waals surface area contributed by atoms with Crippen molar-refractivity contribution < 1.29 is 27.9 Å². The second-order valence-corrected chi connectivity index (χ2v) is 5.08. The molecule has 21 heavy (non-hydrogen) atoms. The average molecular weight is 324 g/mol. The summed E-state index contributed by atoms with van der Waals surface area (Å²) in [7, 11) is 0. The van der Waals surface area contributed by atoms with Gasteiger partial charge in [0.25, 0.3) is 5.91 Å². The van der Waals surface area contributed by atoms with Crippen LogP contribution in [0.3, 0.4) is 0 Å². The zero-order valence-electron chi connectivity index (χ0n) is 11.0. The van der Waals surface area contributed by atoms with Crippen molar-refractivity contribution >= 4 is 23.2 Å². The van der Waals surface area contributed by atoms with E-state index in [1.165, 1.54) is 11.3 Å². The van der Waals surface area contributed by atoms with Crippen LogP contribution in [0.15, 0.2) is 17.5 Å². The van der Waals surface area contributed by atoms with Gasteiger partial charge in [-0.25, -0.2) is 0 Å². The van der Waals surface area contributed by atoms with Gasteiger partial charge in [-0.05, 0) is 11.4 Å². The highest BCUT2D eigenvalue weighted by atomic mass is 32.1. The quantitative estimate of drug-likeness (QED) is 0.793. The number of nitrogens with one attached hydrogen (secondary N) is 1. The Morgan fingerprint density at radius 3 is 2.62 bits per heavy atom. The van der Waals surface area contributed by atoms with Crippen LogP contribution in [0.5, 0.6) is 0 Å². The van der Waals surface area contributed by atoms with Crippen LogP contribution >= 0.6 is 11.3 Å². The highest BCUT2D eigenvalue weighted by molar-refractivity contribution is 7.12. The zero-order valence-corrected chi connectivity index (χ0v) is 11.8. The normalized spacial score (nSPS) is 11.2. The Labute approximate surface area is 123 Å². The molecule has 0 aromatic carbocycles. The summed E-state index contributed by atoms with van der Waals surface area (Å²) in [6, 6.07) is 3.29. The SMILES string of the molecule is O=C(NCCC(=O)N(CCO)CC(F)(F)F)c1cccs1. The maximum absolute atomic E-state index is 12.3. The van der Waals surface area contributed by atoms with Crippen molar-refractivity contribution in [2.45, 2.75) is 12.6 Å². The predicted molar refractivity (Wildman–Crippen MR) is 71.0 cm³/mol. The van der Waals surface area contributed by atoms with Gasteiger partial charge in [0.1, 0.15) is 6.54 Å². The molecule has 1 heterocycles. The number of halogens is 3. The number of hydrogen-bond acceptors (Lipinski definition) is 4. The number of rotatable bonds is 7. The second kappa shape index (κ2) is 7.99. The van der Waals surface area contributed by atoms with Crippen molar-refractivity contribution in [3.8, 4) is 0 Å². The number of hydrogen-bond donors (Lipinski definition) is 2. The van der Waals surface area contributed by atoms with Gasteiger partial charge in [0.15, 0.2) is 0 Å². The molecule has 0 saturated heterocycles. The number of thiophene rings is 1. The first-order chi connectivity index (χ1) is 9.83. The van der Waals surface area contributed by atoms with E-state index < -0.39 is 31.8 Å². The summed E-state index contributed by atoms with van der Waals surface area (Å²) in [5.74, 6) is -1.14. The molecule has 0 bridgehead atoms. The van der Waals surface area contributed by atoms with E-state index in [1.807, 2.05) is 0 Å². The van der Waals surface area contributed by atoms with E-state index in [1.54, 1.807) is 17.5 Å². The predicted octanol–water partition coefficient (Wildman–Crippen LogP) is 1.25. The fourth-order valence-electron chi connectivity index (χ4n) is 1.57. The maximum atomic E-state index is 12.3. The molecule has 0 radical (unpaired) electrons. The van der Waals surface area contributed by atoms with E-state index >= 15 is 0 Å². The summed E-state index contributed by atoms with van der Waals surface area (Å²) in [6.07, 6.45) is -4.78. The second-order valence-electron chi connectivity index (χ2n) is 4.14. The Bertz CT molecular complexity index is 463. The van der Waals surface area contributed by atoms with Crippen molar-refractivity contribution in [3.05, 3.63) is 22.4 Å². The molecule has 5 nitrogen and oxygen atoms in total. The van der Waals surface area contributed by atoms with E-state index in [0.29, 0.717) is 9.78 Å². The van der Waals surface area contributed by atoms with Crippen LogP contribution in [0.1, 0.15) is 16.1 Å². The molecule has 0 spiro atoms. The Hall–Kier alpha value is -1.61. The largest absolute Gasteiger partial charge is 0.406 e. The number of aliphatic hydroxyl groups is 1. The van der Waals surface area contributed by atoms with E-state index in [9.17, 15) is 22.8 Å². The number of carbonyl (C=O) groups excluding carboxylic acids is 2. The Morgan fingerprint density at radius 1 is 1.38 bits per heavy atom. The summed E-state index contributed by atoms with van der Waals surface area (Å²) >= 11 is 1.22. The molecule has 118 valence electrons. The van der Waals surface area contributed by atoms with Crippen LogP contribution in [0, 0.1) is 0 Å². The van der Waals surface area contributed by atoms with Crippen LogP contribution in [0.25, 0.3) is 0 Å². The monoisotopic (exact) mass is 324 g/mol. The molecule has 0 atom stereocenters. The minimum absolute atomic E-state index is 0.0602. The first-order valence-electron chi connectivity index (χ1n) is 6.10. The van der Waals surface area contributed by atoms with E-state index in [0.717, 1.165) is 0 Å². The minimum Gasteiger partial charge on any atom is -0.395 e. The van der Waals surface area contributed by atoms with Crippen molar-refractivity contribution in [1.29, 1.82) is 0 Å². The number of nitrogens with zero attached hydrogens (tertiary/aromatic N) is 1. The third-order valence-corrected chi connectivity index (χ3v) is 3.33. The number of carbonyl (C=O) groups is 2. The summed E-state index contributed by atoms with van der Waals surface area (Å²) in [4.78, 5) is 24.2. The molecule has 0 aliphatic heterocycles. The molecule has 9 heteroatoms. The van der Waals surface area contributed by atoms with Crippen LogP contribution in [0.2, 0.25) is 0 Å². The highest BCUT2D eigenvalue weighted by Gasteiger charge is 2.32. The molecule has 0 unspecified atom stereocenters. The molecular weight excluding hydrogens is 309 g/mol. The standard InChI is InChI=1S/C12H15F3N2O3S/c13-12(14,15)8-17(5-6-18)10(19)3-4-16-11(20)9-2-1-7-21-9/h1-2,7,18H,3-6,8H2,(H,16,20). The third kappa shape index (κ3) is 6.58. The summed E-state index contributed by atoms with van der Waals surface area (Å²) in [6.45, 7) is -2.42. The number of alkyl halides is 3. The number of aliphatic hydroxyl groups excluding tert-OH is 1. The molecule has 2 N–H and O–H groups in total. The van der Waals surface area contributed by atoms with E-state index in [4.69, 9.17) is 5.11 Å². The fraction of sp³-hybridized carbons (Fsp3) is 0.500. The smallest absolute Gasteiger partial charge is 0.395 e. The fourth-order valence-corrected chi connectivity index (χ4v) is 2.21. The van der Waals surface area contributed by atoms with Gasteiger partial charge < -0.3 is 15.3 Å². The van der Waals surface area contributed by atoms with Gasteiger partial charge >= 0.3 is 6.18 Å². The molecule has 0 fully saturated rings. The lowest BCUT2D eigenvalue weighted by molar-refractivity contribution is -0.161. The zero-order chi connectivity index (χ0) is 15.9. The topological polar surface area (TPSA) is 69.6 Å². The summed E-state index contributed by atoms with van der Waals surface area (Å²) in [5.41, 5.74) is 0. The van der Waals surface area contributed by atoms with E-state index in [-0.39, 0.29) is 18.9 Å². The molecule has 2 amide bonds. The van der Waals surface area contributed by atoms with E-state index in [2.05, 4.69) is 5.32 Å². The van der Waals surface area contributed by atoms with Crippen molar-refractivity contribution in [3.63, 3.8) is 0 Å². The van der Waals surface area contributed by atoms with Crippen molar-refractivity contribution in [2.75, 3.05) is 26.2 Å². The molecule has 0 aliphatic rings. The Morgan fingerprint density at radius 2 is 2.10 bits per heavy atom. The summed E-state index contributed by atoms with van der Waals surface area (Å²) in [5, 5.41) is 12.9. The van der Waals surface area contributed by atoms with Gasteiger partial charge in [0, 0.05) is 19.5 Å². The van der Waals surface area contributed by atoms with Crippen LogP contribution in [-0.4, -0.2) is 54.2 Å². The van der Waals surface area contributed by atoms with Gasteiger partial charge in [-0.2, -0.15) is 13.2 Å². The third-order valence-electron chi connectivity index (χ3n) is 2.46. The first kappa shape index (κ1) is 17.4. The Kier molecular flexibility index (Phi) is 6.63. The van der Waals surface area contributed by atoms with Gasteiger partial charge in [-0.1, -0.05) is 6.07 Å². The molecule has 1 rings (SSSR count). The van der Waals surface area contributed by atoms with Crippen molar-refractivity contribution in [2.24, 2.45) is 0 Å². The minimum atomic E-state index is -4.52. The van der Waals surface area contributed by atoms with Gasteiger partial charge in [-0.3, -0.25) is 9.59 Å². The molecule has 0 aliphatic carbocycles. The van der Waals surface area contributed by atoms with Gasteiger partial charge in [-0.15, -0.1) is 11.3 Å². The first-order valence-corrected chi connectivity index (χ1v) is 6.98. The Balaban J connectivity index is 2.41. The molecular formula is C12H15F3N2O3S. The highest BCUT2D eigenvalue weighted by Crippen LogP contribution is 2.16.